The molecular formula is C20H19F3N2O4. The molecule has 0 bridgehead atoms. The second-order valence-corrected chi connectivity index (χ2v) is 6.60. The van der Waals surface area contributed by atoms with Crippen LogP contribution in [0.3, 0.4) is 0 Å². The van der Waals surface area contributed by atoms with Crippen LogP contribution in [0.25, 0.3) is 0 Å². The highest BCUT2D eigenvalue weighted by Crippen LogP contribution is 2.41. The van der Waals surface area contributed by atoms with Crippen LogP contribution in [-0.2, 0) is 11.2 Å². The standard InChI is InChI=1S/C20H19F3N2O4/c1-29-15-9-6-13(7-10-15)16-12-19(28,20(21,22)23)25(24-16)18(27)11-8-14-4-2-3-5-17(14)26/h2-7,9-10,26,28H,8,11-12H2,1H3/t19-/m1/s1. The molecule has 0 radical (unpaired) electrons. The summed E-state index contributed by atoms with van der Waals surface area (Å²) in [6, 6.07) is 12.3. The molecule has 0 saturated heterocycles. The van der Waals surface area contributed by atoms with Crippen molar-refractivity contribution < 1.29 is 32.9 Å². The Bertz CT molecular complexity index is 928. The van der Waals surface area contributed by atoms with Gasteiger partial charge in [0, 0.05) is 6.42 Å². The number of aryl methyl sites for hydroxylation is 1. The number of phenols is 1. The minimum Gasteiger partial charge on any atom is -0.508 e. The van der Waals surface area contributed by atoms with Gasteiger partial charge >= 0.3 is 6.18 Å². The topological polar surface area (TPSA) is 82.4 Å². The first-order valence-electron chi connectivity index (χ1n) is 8.76. The molecular weight excluding hydrogens is 389 g/mol. The molecule has 9 heteroatoms. The van der Waals surface area contributed by atoms with Crippen molar-refractivity contribution in [2.45, 2.75) is 31.2 Å². The Morgan fingerprint density at radius 2 is 1.86 bits per heavy atom. The highest BCUT2D eigenvalue weighted by Gasteiger charge is 2.63. The highest BCUT2D eigenvalue weighted by atomic mass is 19.4. The minimum absolute atomic E-state index is 0.00331. The van der Waals surface area contributed by atoms with E-state index in [9.17, 15) is 28.2 Å². The molecule has 0 saturated carbocycles. The second kappa shape index (κ2) is 7.75. The van der Waals surface area contributed by atoms with Crippen LogP contribution in [0.15, 0.2) is 53.6 Å². The summed E-state index contributed by atoms with van der Waals surface area (Å²) in [6.07, 6.45) is -6.35. The molecule has 0 spiro atoms. The first-order valence-corrected chi connectivity index (χ1v) is 8.76. The van der Waals surface area contributed by atoms with Crippen LogP contribution in [0.5, 0.6) is 11.5 Å². The third-order valence-electron chi connectivity index (χ3n) is 4.70. The number of hydrogen-bond donors (Lipinski definition) is 2. The molecule has 0 unspecified atom stereocenters. The fourth-order valence-corrected chi connectivity index (χ4v) is 3.04. The molecule has 0 fully saturated rings. The predicted octanol–water partition coefficient (Wildman–Crippen LogP) is 3.22. The number of carbonyl (C=O) groups is 1. The van der Waals surface area contributed by atoms with E-state index in [4.69, 9.17) is 4.74 Å². The summed E-state index contributed by atoms with van der Waals surface area (Å²) < 4.78 is 45.9. The summed E-state index contributed by atoms with van der Waals surface area (Å²) in [5, 5.41) is 24.0. The smallest absolute Gasteiger partial charge is 0.438 e. The molecule has 1 aliphatic rings. The summed E-state index contributed by atoms with van der Waals surface area (Å²) >= 11 is 0. The molecule has 6 nitrogen and oxygen atoms in total. The number of alkyl halides is 3. The number of hydrazone groups is 1. The Morgan fingerprint density at radius 1 is 1.21 bits per heavy atom. The van der Waals surface area contributed by atoms with Gasteiger partial charge in [0.05, 0.1) is 19.2 Å². The first kappa shape index (κ1) is 20.7. The first-order chi connectivity index (χ1) is 13.7. The number of benzene rings is 2. The van der Waals surface area contributed by atoms with E-state index in [1.54, 1.807) is 30.3 Å². The molecule has 1 aliphatic heterocycles. The van der Waals surface area contributed by atoms with Gasteiger partial charge in [0.1, 0.15) is 11.5 Å². The van der Waals surface area contributed by atoms with Crippen LogP contribution in [0.2, 0.25) is 0 Å². The molecule has 0 aliphatic carbocycles. The molecule has 1 amide bonds. The van der Waals surface area contributed by atoms with Crippen molar-refractivity contribution in [1.82, 2.24) is 5.01 Å². The maximum Gasteiger partial charge on any atom is 0.438 e. The van der Waals surface area contributed by atoms with Gasteiger partial charge in [0.25, 0.3) is 5.72 Å². The van der Waals surface area contributed by atoms with Crippen molar-refractivity contribution in [3.8, 4) is 11.5 Å². The number of rotatable bonds is 5. The fourth-order valence-electron chi connectivity index (χ4n) is 3.04. The molecule has 29 heavy (non-hydrogen) atoms. The number of nitrogens with zero attached hydrogens (tertiary/aromatic N) is 2. The van der Waals surface area contributed by atoms with Gasteiger partial charge in [-0.1, -0.05) is 18.2 Å². The van der Waals surface area contributed by atoms with Crippen molar-refractivity contribution in [2.24, 2.45) is 5.10 Å². The number of halogens is 3. The lowest BCUT2D eigenvalue weighted by Gasteiger charge is -2.32. The molecule has 2 aromatic carbocycles. The number of methoxy groups -OCH3 is 1. The fraction of sp³-hybridized carbons (Fsp3) is 0.300. The lowest BCUT2D eigenvalue weighted by Crippen LogP contribution is -2.56. The number of phenolic OH excluding ortho intramolecular Hbond substituents is 1. The zero-order chi connectivity index (χ0) is 21.2. The zero-order valence-corrected chi connectivity index (χ0v) is 15.5. The quantitative estimate of drug-likeness (QED) is 0.796. The van der Waals surface area contributed by atoms with E-state index in [1.807, 2.05) is 0 Å². The zero-order valence-electron chi connectivity index (χ0n) is 15.5. The number of aromatic hydroxyl groups is 1. The van der Waals surface area contributed by atoms with Crippen LogP contribution in [0.1, 0.15) is 24.0 Å². The number of para-hydroxylation sites is 1. The van der Waals surface area contributed by atoms with Crippen molar-refractivity contribution in [3.63, 3.8) is 0 Å². The Labute approximate surface area is 164 Å². The molecule has 2 aromatic rings. The molecule has 3 rings (SSSR count). The number of amides is 1. The van der Waals surface area contributed by atoms with Crippen molar-refractivity contribution >= 4 is 11.6 Å². The normalized spacial score (nSPS) is 19.2. The van der Waals surface area contributed by atoms with E-state index in [1.165, 1.54) is 25.3 Å². The Morgan fingerprint density at radius 3 is 2.45 bits per heavy atom. The summed E-state index contributed by atoms with van der Waals surface area (Å²) in [5.41, 5.74) is -2.75. The monoisotopic (exact) mass is 408 g/mol. The van der Waals surface area contributed by atoms with Crippen molar-refractivity contribution in [2.75, 3.05) is 7.11 Å². The largest absolute Gasteiger partial charge is 0.508 e. The summed E-state index contributed by atoms with van der Waals surface area (Å²) in [7, 11) is 1.45. The molecule has 154 valence electrons. The van der Waals surface area contributed by atoms with E-state index in [2.05, 4.69) is 5.10 Å². The van der Waals surface area contributed by atoms with Gasteiger partial charge in [0.15, 0.2) is 0 Å². The number of ether oxygens (including phenoxy) is 1. The second-order valence-electron chi connectivity index (χ2n) is 6.60. The van der Waals surface area contributed by atoms with Crippen LogP contribution in [-0.4, -0.2) is 45.9 Å². The highest BCUT2D eigenvalue weighted by molar-refractivity contribution is 6.03. The van der Waals surface area contributed by atoms with Crippen molar-refractivity contribution in [3.05, 3.63) is 59.7 Å². The van der Waals surface area contributed by atoms with Gasteiger partial charge < -0.3 is 14.9 Å². The van der Waals surface area contributed by atoms with Crippen LogP contribution < -0.4 is 4.74 Å². The molecule has 2 N–H and O–H groups in total. The average Bonchev–Trinajstić information content (AvgIpc) is 3.06. The van der Waals surface area contributed by atoms with Crippen molar-refractivity contribution in [1.29, 1.82) is 0 Å². The van der Waals surface area contributed by atoms with Crippen LogP contribution in [0.4, 0.5) is 13.2 Å². The minimum atomic E-state index is -5.10. The predicted molar refractivity (Wildman–Crippen MR) is 98.4 cm³/mol. The SMILES string of the molecule is COc1ccc(C2=NN(C(=O)CCc3ccccc3O)[C@](O)(C(F)(F)F)C2)cc1. The summed E-state index contributed by atoms with van der Waals surface area (Å²) in [5.74, 6) is -0.555. The Hall–Kier alpha value is -3.07. The van der Waals surface area contributed by atoms with E-state index < -0.39 is 24.2 Å². The maximum atomic E-state index is 13.6. The van der Waals surface area contributed by atoms with Crippen LogP contribution >= 0.6 is 0 Å². The van der Waals surface area contributed by atoms with Gasteiger partial charge in [-0.3, -0.25) is 4.79 Å². The number of hydrogen-bond acceptors (Lipinski definition) is 5. The third kappa shape index (κ3) is 4.04. The van der Waals surface area contributed by atoms with Gasteiger partial charge in [-0.15, -0.1) is 0 Å². The molecule has 0 aromatic heterocycles. The number of aliphatic hydroxyl groups is 1. The van der Waals surface area contributed by atoms with E-state index >= 15 is 0 Å². The third-order valence-corrected chi connectivity index (χ3v) is 4.70. The summed E-state index contributed by atoms with van der Waals surface area (Å²) in [4.78, 5) is 12.5. The van der Waals surface area contributed by atoms with E-state index in [-0.39, 0.29) is 29.3 Å². The van der Waals surface area contributed by atoms with Gasteiger partial charge in [-0.25, -0.2) is 0 Å². The Balaban J connectivity index is 1.86. The van der Waals surface area contributed by atoms with E-state index in [0.29, 0.717) is 16.9 Å². The number of carbonyl (C=O) groups excluding carboxylic acids is 1. The molecule has 1 heterocycles. The van der Waals surface area contributed by atoms with Crippen LogP contribution in [0, 0.1) is 0 Å². The Kier molecular flexibility index (Phi) is 5.52. The lowest BCUT2D eigenvalue weighted by atomic mass is 10.0. The van der Waals surface area contributed by atoms with E-state index in [0.717, 1.165) is 0 Å². The van der Waals surface area contributed by atoms with Gasteiger partial charge in [-0.05, 0) is 47.9 Å². The maximum absolute atomic E-state index is 13.6. The van der Waals surface area contributed by atoms with Gasteiger partial charge in [0.2, 0.25) is 5.91 Å². The summed E-state index contributed by atoms with van der Waals surface area (Å²) in [6.45, 7) is 0. The lowest BCUT2D eigenvalue weighted by molar-refractivity contribution is -0.302. The average molecular weight is 408 g/mol. The van der Waals surface area contributed by atoms with Gasteiger partial charge in [-0.2, -0.15) is 23.3 Å². The molecule has 1 atom stereocenters.